The Kier molecular flexibility index (Phi) is 1.98. The largest absolute Gasteiger partial charge is 0.106 e. The highest BCUT2D eigenvalue weighted by molar-refractivity contribution is 8.04. The molecule has 0 amide bonds. The minimum absolute atomic E-state index is 1.31. The van der Waals surface area contributed by atoms with Crippen molar-refractivity contribution in [3.63, 3.8) is 0 Å². The van der Waals surface area contributed by atoms with E-state index in [0.717, 1.165) is 0 Å². The van der Waals surface area contributed by atoms with Crippen molar-refractivity contribution in [2.75, 3.05) is 0 Å². The molecule has 0 N–H and O–H groups in total. The Hall–Kier alpha value is -0.430. The second kappa shape index (κ2) is 2.78. The van der Waals surface area contributed by atoms with Crippen LogP contribution in [-0.4, -0.2) is 0 Å². The van der Waals surface area contributed by atoms with Gasteiger partial charge in [0.2, 0.25) is 0 Å². The zero-order chi connectivity index (χ0) is 5.82. The van der Waals surface area contributed by atoms with Gasteiger partial charge in [0.15, 0.2) is 0 Å². The second-order valence-electron chi connectivity index (χ2n) is 1.68. The van der Waals surface area contributed by atoms with Crippen LogP contribution in [0.3, 0.4) is 0 Å². The van der Waals surface area contributed by atoms with E-state index in [1.54, 1.807) is 11.8 Å². The van der Waals surface area contributed by atoms with Crippen LogP contribution in [0.4, 0.5) is 0 Å². The summed E-state index contributed by atoms with van der Waals surface area (Å²) in [6.07, 6.45) is 6.25. The molecule has 1 rings (SSSR count). The maximum absolute atomic E-state index is 2.10. The first-order chi connectivity index (χ1) is 3.89. The van der Waals surface area contributed by atoms with Crippen LogP contribution in [0.1, 0.15) is 6.92 Å². The van der Waals surface area contributed by atoms with Crippen molar-refractivity contribution in [1.29, 1.82) is 0 Å². The third kappa shape index (κ3) is 1.58. The molecule has 0 radical (unpaired) electrons. The molecule has 0 aromatic heterocycles. The van der Waals surface area contributed by atoms with Gasteiger partial charge in [-0.2, -0.15) is 0 Å². The van der Waals surface area contributed by atoms with E-state index in [0.29, 0.717) is 0 Å². The minimum atomic E-state index is 1.31. The van der Waals surface area contributed by atoms with E-state index in [9.17, 15) is 0 Å². The highest BCUT2D eigenvalue weighted by Gasteiger charge is 1.80. The van der Waals surface area contributed by atoms with Gasteiger partial charge in [-0.25, -0.2) is 0 Å². The quantitative estimate of drug-likeness (QED) is 0.478. The number of hydrogen-bond acceptors (Lipinski definition) is 1. The van der Waals surface area contributed by atoms with Crippen molar-refractivity contribution in [1.82, 2.24) is 0 Å². The monoisotopic (exact) mass is 124 g/mol. The Morgan fingerprint density at radius 3 is 3.12 bits per heavy atom. The van der Waals surface area contributed by atoms with Crippen molar-refractivity contribution in [2.45, 2.75) is 6.92 Å². The van der Waals surface area contributed by atoms with Gasteiger partial charge in [0.1, 0.15) is 0 Å². The minimum Gasteiger partial charge on any atom is -0.106 e. The number of thioether (sulfide) groups is 1. The molecule has 0 saturated carbocycles. The normalized spacial score (nSPS) is 17.9. The first-order valence-electron chi connectivity index (χ1n) is 2.55. The fraction of sp³-hybridized carbons (Fsp3) is 0.143. The Morgan fingerprint density at radius 2 is 2.25 bits per heavy atom. The lowest BCUT2D eigenvalue weighted by molar-refractivity contribution is 1.54. The smallest absolute Gasteiger partial charge is 0.0246 e. The van der Waals surface area contributed by atoms with Crippen molar-refractivity contribution in [3.8, 4) is 0 Å². The van der Waals surface area contributed by atoms with Crippen LogP contribution >= 0.6 is 11.8 Å². The van der Waals surface area contributed by atoms with Gasteiger partial charge in [0, 0.05) is 0 Å². The van der Waals surface area contributed by atoms with Gasteiger partial charge in [-0.3, -0.25) is 0 Å². The molecule has 0 aromatic rings. The summed E-state index contributed by atoms with van der Waals surface area (Å²) in [7, 11) is 0. The maximum atomic E-state index is 2.10. The molecule has 0 aliphatic carbocycles. The first-order valence-corrected chi connectivity index (χ1v) is 3.49. The van der Waals surface area contributed by atoms with Crippen molar-refractivity contribution < 1.29 is 0 Å². The Morgan fingerprint density at radius 1 is 1.38 bits per heavy atom. The molecule has 1 aliphatic rings. The van der Waals surface area contributed by atoms with Crippen molar-refractivity contribution in [2.24, 2.45) is 0 Å². The number of allylic oxidation sites excluding steroid dienone is 4. The van der Waals surface area contributed by atoms with Crippen LogP contribution in [0.2, 0.25) is 0 Å². The lowest BCUT2D eigenvalue weighted by Crippen LogP contribution is -1.59. The van der Waals surface area contributed by atoms with Crippen LogP contribution in [-0.2, 0) is 0 Å². The highest BCUT2D eigenvalue weighted by Crippen LogP contribution is 2.10. The summed E-state index contributed by atoms with van der Waals surface area (Å²) in [6.45, 7) is 2.09. The van der Waals surface area contributed by atoms with Crippen LogP contribution in [0.25, 0.3) is 0 Å². The summed E-state index contributed by atoms with van der Waals surface area (Å²) in [4.78, 5) is 0. The molecular weight excluding hydrogens is 116 g/mol. The van der Waals surface area contributed by atoms with Crippen LogP contribution in [0, 0.1) is 0 Å². The summed E-state index contributed by atoms with van der Waals surface area (Å²) in [5.74, 6) is 0. The van der Waals surface area contributed by atoms with Gasteiger partial charge in [-0.1, -0.05) is 23.8 Å². The van der Waals surface area contributed by atoms with Crippen molar-refractivity contribution in [3.05, 3.63) is 34.6 Å². The summed E-state index contributed by atoms with van der Waals surface area (Å²) in [6, 6.07) is 0. The van der Waals surface area contributed by atoms with E-state index in [1.165, 1.54) is 5.57 Å². The topological polar surface area (TPSA) is 0 Å². The summed E-state index contributed by atoms with van der Waals surface area (Å²) >= 11 is 1.71. The summed E-state index contributed by atoms with van der Waals surface area (Å²) in [5.41, 5.74) is 1.31. The Labute approximate surface area is 54.0 Å². The Bertz CT molecular complexity index is 152. The predicted octanol–water partition coefficient (Wildman–Crippen LogP) is 2.71. The van der Waals surface area contributed by atoms with E-state index in [-0.39, 0.29) is 0 Å². The average molecular weight is 124 g/mol. The molecule has 1 heteroatoms. The second-order valence-corrected chi connectivity index (χ2v) is 2.49. The maximum Gasteiger partial charge on any atom is -0.0246 e. The van der Waals surface area contributed by atoms with Gasteiger partial charge in [0.05, 0.1) is 0 Å². The summed E-state index contributed by atoms with van der Waals surface area (Å²) < 4.78 is 0. The summed E-state index contributed by atoms with van der Waals surface area (Å²) in [5, 5.41) is 4.14. The van der Waals surface area contributed by atoms with E-state index >= 15 is 0 Å². The molecule has 0 spiro atoms. The lowest BCUT2D eigenvalue weighted by Gasteiger charge is -1.80. The third-order valence-electron chi connectivity index (χ3n) is 0.926. The molecule has 8 heavy (non-hydrogen) atoms. The van der Waals surface area contributed by atoms with E-state index in [4.69, 9.17) is 0 Å². The third-order valence-corrected chi connectivity index (χ3v) is 1.53. The van der Waals surface area contributed by atoms with Crippen LogP contribution in [0.5, 0.6) is 0 Å². The zero-order valence-electron chi connectivity index (χ0n) is 4.79. The average Bonchev–Trinajstić information content (AvgIpc) is 1.94. The van der Waals surface area contributed by atoms with Gasteiger partial charge in [-0.15, -0.1) is 11.8 Å². The van der Waals surface area contributed by atoms with E-state index in [2.05, 4.69) is 36.0 Å². The molecule has 0 saturated heterocycles. The fourth-order valence-electron chi connectivity index (χ4n) is 0.484. The zero-order valence-corrected chi connectivity index (χ0v) is 5.61. The molecule has 42 valence electrons. The molecular formula is C7H8S. The van der Waals surface area contributed by atoms with Gasteiger partial charge in [-0.05, 0) is 17.7 Å². The SMILES string of the molecule is CC1=CC=CSC=C1. The predicted molar refractivity (Wildman–Crippen MR) is 39.6 cm³/mol. The van der Waals surface area contributed by atoms with Gasteiger partial charge >= 0.3 is 0 Å². The molecule has 0 nitrogen and oxygen atoms in total. The molecule has 1 aliphatic heterocycles. The molecule has 1 heterocycles. The van der Waals surface area contributed by atoms with Crippen molar-refractivity contribution >= 4 is 11.8 Å². The molecule has 0 unspecified atom stereocenters. The van der Waals surface area contributed by atoms with E-state index in [1.807, 2.05) is 0 Å². The lowest BCUT2D eigenvalue weighted by atomic mass is 10.3. The number of rotatable bonds is 0. The Balaban J connectivity index is 2.73. The van der Waals surface area contributed by atoms with Crippen LogP contribution < -0.4 is 0 Å². The standard InChI is InChI=1S/C7H8S/c1-7-3-2-5-8-6-4-7/h2-6H,1H3. The fourth-order valence-corrected chi connectivity index (χ4v) is 1.04. The molecule has 0 aromatic carbocycles. The molecule has 0 atom stereocenters. The molecule has 0 fully saturated rings. The highest BCUT2D eigenvalue weighted by atomic mass is 32.2. The first kappa shape index (κ1) is 5.70. The van der Waals surface area contributed by atoms with Crippen LogP contribution in [0.15, 0.2) is 34.6 Å². The molecule has 0 bridgehead atoms. The van der Waals surface area contributed by atoms with E-state index < -0.39 is 0 Å². The number of hydrogen-bond donors (Lipinski definition) is 0. The van der Waals surface area contributed by atoms with Gasteiger partial charge < -0.3 is 0 Å². The van der Waals surface area contributed by atoms with Gasteiger partial charge in [0.25, 0.3) is 0 Å².